The SMILES string of the molecule is CCOc1cc(-c2nnc(NC(=O)c3ccc(S(=O)(=O)N4CCCC[C@H]4CC)cc3)o2)cc(OCC)c1OCC. The Morgan fingerprint density at radius 1 is 0.975 bits per heavy atom. The van der Waals surface area contributed by atoms with Crippen LogP contribution in [0.3, 0.4) is 0 Å². The van der Waals surface area contributed by atoms with Crippen molar-refractivity contribution in [1.29, 1.82) is 0 Å². The maximum absolute atomic E-state index is 13.2. The summed E-state index contributed by atoms with van der Waals surface area (Å²) in [5, 5.41) is 10.6. The summed E-state index contributed by atoms with van der Waals surface area (Å²) >= 11 is 0. The van der Waals surface area contributed by atoms with Crippen LogP contribution in [0.15, 0.2) is 45.7 Å². The van der Waals surface area contributed by atoms with Gasteiger partial charge in [-0.15, -0.1) is 5.10 Å². The molecule has 1 fully saturated rings. The molecule has 1 aromatic heterocycles. The van der Waals surface area contributed by atoms with Gasteiger partial charge in [0.1, 0.15) is 0 Å². The second-order valence-corrected chi connectivity index (χ2v) is 11.1. The van der Waals surface area contributed by atoms with Crippen molar-refractivity contribution < 1.29 is 31.8 Å². The number of ether oxygens (including phenoxy) is 3. The molecule has 2 heterocycles. The molecule has 0 spiro atoms. The number of hydrogen-bond donors (Lipinski definition) is 1. The molecule has 0 saturated carbocycles. The van der Waals surface area contributed by atoms with E-state index in [2.05, 4.69) is 15.5 Å². The maximum atomic E-state index is 13.2. The molecule has 0 aliphatic carbocycles. The number of aromatic nitrogens is 2. The summed E-state index contributed by atoms with van der Waals surface area (Å²) in [6.07, 6.45) is 3.50. The summed E-state index contributed by atoms with van der Waals surface area (Å²) in [4.78, 5) is 13.0. The van der Waals surface area contributed by atoms with E-state index in [0.29, 0.717) is 49.2 Å². The highest BCUT2D eigenvalue weighted by molar-refractivity contribution is 7.89. The second kappa shape index (κ2) is 13.1. The lowest BCUT2D eigenvalue weighted by Crippen LogP contribution is -2.43. The summed E-state index contributed by atoms with van der Waals surface area (Å²) < 4.78 is 50.9. The highest BCUT2D eigenvalue weighted by atomic mass is 32.2. The first-order valence-electron chi connectivity index (χ1n) is 13.7. The van der Waals surface area contributed by atoms with E-state index >= 15 is 0 Å². The fourth-order valence-electron chi connectivity index (χ4n) is 4.68. The van der Waals surface area contributed by atoms with Gasteiger partial charge in [-0.2, -0.15) is 4.31 Å². The molecule has 3 aromatic rings. The molecule has 1 amide bonds. The highest BCUT2D eigenvalue weighted by Gasteiger charge is 2.32. The Balaban J connectivity index is 1.51. The molecule has 1 aliphatic rings. The Labute approximate surface area is 234 Å². The number of nitrogens with zero attached hydrogens (tertiary/aromatic N) is 3. The summed E-state index contributed by atoms with van der Waals surface area (Å²) in [5.74, 6) is 1.06. The van der Waals surface area contributed by atoms with Crippen LogP contribution in [0, 0.1) is 0 Å². The zero-order valence-electron chi connectivity index (χ0n) is 23.3. The van der Waals surface area contributed by atoms with E-state index in [1.54, 1.807) is 16.4 Å². The minimum absolute atomic E-state index is 0.00181. The van der Waals surface area contributed by atoms with E-state index in [9.17, 15) is 13.2 Å². The van der Waals surface area contributed by atoms with Gasteiger partial charge in [-0.25, -0.2) is 8.42 Å². The van der Waals surface area contributed by atoms with Gasteiger partial charge in [0.15, 0.2) is 11.5 Å². The molecule has 2 aromatic carbocycles. The fourth-order valence-corrected chi connectivity index (χ4v) is 6.45. The Bertz CT molecular complexity index is 1380. The van der Waals surface area contributed by atoms with E-state index < -0.39 is 15.9 Å². The van der Waals surface area contributed by atoms with Gasteiger partial charge in [0.25, 0.3) is 5.91 Å². The zero-order chi connectivity index (χ0) is 28.7. The van der Waals surface area contributed by atoms with Crippen molar-refractivity contribution >= 4 is 21.9 Å². The van der Waals surface area contributed by atoms with Crippen molar-refractivity contribution in [2.45, 2.75) is 64.3 Å². The molecule has 1 atom stereocenters. The van der Waals surface area contributed by atoms with Crippen molar-refractivity contribution in [2.75, 3.05) is 31.7 Å². The largest absolute Gasteiger partial charge is 0.490 e. The van der Waals surface area contributed by atoms with Gasteiger partial charge < -0.3 is 18.6 Å². The van der Waals surface area contributed by atoms with Crippen LogP contribution in [0.2, 0.25) is 0 Å². The lowest BCUT2D eigenvalue weighted by atomic mass is 10.0. The van der Waals surface area contributed by atoms with Crippen LogP contribution in [0.5, 0.6) is 17.2 Å². The minimum Gasteiger partial charge on any atom is -0.490 e. The van der Waals surface area contributed by atoms with Crippen molar-refractivity contribution in [2.24, 2.45) is 0 Å². The quantitative estimate of drug-likeness (QED) is 0.313. The average molecular weight is 573 g/mol. The van der Waals surface area contributed by atoms with Crippen molar-refractivity contribution in [3.63, 3.8) is 0 Å². The molecule has 12 heteroatoms. The average Bonchev–Trinajstić information content (AvgIpc) is 3.43. The predicted octanol–water partition coefficient (Wildman–Crippen LogP) is 5.14. The van der Waals surface area contributed by atoms with Crippen LogP contribution in [0.25, 0.3) is 11.5 Å². The Morgan fingerprint density at radius 2 is 1.62 bits per heavy atom. The predicted molar refractivity (Wildman–Crippen MR) is 149 cm³/mol. The number of sulfonamides is 1. The van der Waals surface area contributed by atoms with Crippen LogP contribution in [0.4, 0.5) is 6.01 Å². The van der Waals surface area contributed by atoms with E-state index in [-0.39, 0.29) is 28.4 Å². The van der Waals surface area contributed by atoms with Gasteiger partial charge >= 0.3 is 6.01 Å². The van der Waals surface area contributed by atoms with Gasteiger partial charge in [0, 0.05) is 23.7 Å². The van der Waals surface area contributed by atoms with E-state index in [1.807, 2.05) is 27.7 Å². The Hall–Kier alpha value is -3.64. The number of amides is 1. The van der Waals surface area contributed by atoms with Gasteiger partial charge in [0.2, 0.25) is 21.7 Å². The molecule has 11 nitrogen and oxygen atoms in total. The Kier molecular flexibility index (Phi) is 9.64. The van der Waals surface area contributed by atoms with Crippen LogP contribution in [0.1, 0.15) is 63.7 Å². The third-order valence-electron chi connectivity index (χ3n) is 6.57. The van der Waals surface area contributed by atoms with Crippen LogP contribution in [-0.2, 0) is 10.0 Å². The zero-order valence-corrected chi connectivity index (χ0v) is 24.1. The van der Waals surface area contributed by atoms with Gasteiger partial charge in [0.05, 0.1) is 24.7 Å². The maximum Gasteiger partial charge on any atom is 0.322 e. The number of benzene rings is 2. The molecule has 0 radical (unpaired) electrons. The van der Waals surface area contributed by atoms with E-state index in [1.165, 1.54) is 24.3 Å². The van der Waals surface area contributed by atoms with Crippen molar-refractivity contribution in [3.8, 4) is 28.7 Å². The monoisotopic (exact) mass is 572 g/mol. The molecule has 0 unspecified atom stereocenters. The van der Waals surface area contributed by atoms with Gasteiger partial charge in [-0.3, -0.25) is 10.1 Å². The lowest BCUT2D eigenvalue weighted by molar-refractivity contribution is 0.102. The fraction of sp³-hybridized carbons (Fsp3) is 0.464. The van der Waals surface area contributed by atoms with Crippen LogP contribution in [-0.4, -0.2) is 61.2 Å². The molecule has 4 rings (SSSR count). The number of nitrogens with one attached hydrogen (secondary N) is 1. The van der Waals surface area contributed by atoms with Gasteiger partial charge in [-0.1, -0.05) is 18.4 Å². The minimum atomic E-state index is -3.64. The van der Waals surface area contributed by atoms with Crippen LogP contribution >= 0.6 is 0 Å². The molecular formula is C28H36N4O7S. The third kappa shape index (κ3) is 6.39. The van der Waals surface area contributed by atoms with Crippen molar-refractivity contribution in [3.05, 3.63) is 42.0 Å². The molecular weight excluding hydrogens is 536 g/mol. The van der Waals surface area contributed by atoms with E-state index in [4.69, 9.17) is 18.6 Å². The molecule has 0 bridgehead atoms. The molecule has 1 aliphatic heterocycles. The number of rotatable bonds is 12. The summed E-state index contributed by atoms with van der Waals surface area (Å²) in [6.45, 7) is 9.36. The number of carbonyl (C=O) groups is 1. The standard InChI is InChI=1S/C28H36N4O7S/c1-5-21-11-9-10-16-32(21)40(34,35)22-14-12-19(13-15-22)26(33)29-28-31-30-27(39-28)20-17-23(36-6-2)25(38-8-4)24(18-20)37-7-3/h12-15,17-18,21H,5-11,16H2,1-4H3,(H,29,31,33)/t21-/m1/s1. The number of hydrogen-bond acceptors (Lipinski definition) is 9. The second-order valence-electron chi connectivity index (χ2n) is 9.17. The summed E-state index contributed by atoms with van der Waals surface area (Å²) in [7, 11) is -3.64. The van der Waals surface area contributed by atoms with E-state index in [0.717, 1.165) is 25.7 Å². The summed E-state index contributed by atoms with van der Waals surface area (Å²) in [5.41, 5.74) is 0.781. The first-order chi connectivity index (χ1) is 19.3. The van der Waals surface area contributed by atoms with Gasteiger partial charge in [-0.05, 0) is 76.4 Å². The molecule has 1 N–H and O–H groups in total. The lowest BCUT2D eigenvalue weighted by Gasteiger charge is -2.34. The number of piperidine rings is 1. The first-order valence-corrected chi connectivity index (χ1v) is 15.1. The number of anilines is 1. The first kappa shape index (κ1) is 29.3. The smallest absolute Gasteiger partial charge is 0.322 e. The normalized spacial score (nSPS) is 15.9. The molecule has 40 heavy (non-hydrogen) atoms. The Morgan fingerprint density at radius 3 is 2.23 bits per heavy atom. The molecule has 1 saturated heterocycles. The van der Waals surface area contributed by atoms with Crippen molar-refractivity contribution in [1.82, 2.24) is 14.5 Å². The van der Waals surface area contributed by atoms with Crippen LogP contribution < -0.4 is 19.5 Å². The molecule has 216 valence electrons. The highest BCUT2D eigenvalue weighted by Crippen LogP contribution is 2.42. The topological polar surface area (TPSA) is 133 Å². The number of carbonyl (C=O) groups excluding carboxylic acids is 1. The third-order valence-corrected chi connectivity index (χ3v) is 8.54. The summed E-state index contributed by atoms with van der Waals surface area (Å²) in [6, 6.07) is 9.16.